The molecular formula is C20H20FNO5S. The zero-order chi connectivity index (χ0) is 19.7. The summed E-state index contributed by atoms with van der Waals surface area (Å²) in [5, 5.41) is 0. The molecule has 0 radical (unpaired) electrons. The van der Waals surface area contributed by atoms with Crippen LogP contribution in [0.1, 0.15) is 12.0 Å². The number of nitrogens with zero attached hydrogens (tertiary/aromatic N) is 1. The predicted octanol–water partition coefficient (Wildman–Crippen LogP) is 2.18. The zero-order valence-electron chi connectivity index (χ0n) is 15.1. The number of rotatable bonds is 4. The molecule has 0 spiro atoms. The molecule has 4 rings (SSSR count). The summed E-state index contributed by atoms with van der Waals surface area (Å²) in [5.41, 5.74) is 0.592. The molecule has 1 saturated heterocycles. The monoisotopic (exact) mass is 405 g/mol. The third-order valence-corrected chi connectivity index (χ3v) is 6.71. The highest BCUT2D eigenvalue weighted by Crippen LogP contribution is 2.32. The summed E-state index contributed by atoms with van der Waals surface area (Å²) in [6.07, 6.45) is -0.528. The second-order valence-electron chi connectivity index (χ2n) is 7.02. The highest BCUT2D eigenvalue weighted by Gasteiger charge is 2.39. The molecule has 2 unspecified atom stereocenters. The number of carbonyl (C=O) groups excluding carboxylic acids is 1. The highest BCUT2D eigenvalue weighted by atomic mass is 32.2. The lowest BCUT2D eigenvalue weighted by Gasteiger charge is -2.34. The van der Waals surface area contributed by atoms with Crippen LogP contribution in [0.3, 0.4) is 0 Å². The normalized spacial score (nSPS) is 22.6. The first kappa shape index (κ1) is 18.7. The summed E-state index contributed by atoms with van der Waals surface area (Å²) >= 11 is 0. The van der Waals surface area contributed by atoms with Gasteiger partial charge in [0.2, 0.25) is 6.10 Å². The molecule has 0 bridgehead atoms. The summed E-state index contributed by atoms with van der Waals surface area (Å²) in [7, 11) is -3.19. The van der Waals surface area contributed by atoms with Crippen molar-refractivity contribution < 1.29 is 27.1 Å². The minimum Gasteiger partial charge on any atom is -0.485 e. The Labute approximate surface area is 162 Å². The molecule has 0 saturated carbocycles. The van der Waals surface area contributed by atoms with Crippen molar-refractivity contribution in [1.82, 2.24) is 4.90 Å². The lowest BCUT2D eigenvalue weighted by molar-refractivity contribution is -0.143. The van der Waals surface area contributed by atoms with Gasteiger partial charge in [-0.1, -0.05) is 24.3 Å². The quantitative estimate of drug-likeness (QED) is 0.780. The molecule has 0 N–H and O–H groups in total. The van der Waals surface area contributed by atoms with Crippen LogP contribution < -0.4 is 9.47 Å². The fourth-order valence-corrected chi connectivity index (χ4v) is 5.30. The standard InChI is InChI=1S/C20H20FNO5S/c21-15-5-3-4-14(10-15)11-22(16-8-9-28(24,25)13-16)20(23)19-12-26-17-6-1-2-7-18(17)27-19/h1-7,10,16,19H,8-9,11-13H2. The number of halogens is 1. The topological polar surface area (TPSA) is 72.9 Å². The lowest BCUT2D eigenvalue weighted by Crippen LogP contribution is -2.50. The molecule has 8 heteroatoms. The van der Waals surface area contributed by atoms with Crippen molar-refractivity contribution in [3.8, 4) is 11.5 Å². The van der Waals surface area contributed by atoms with Gasteiger partial charge in [-0.3, -0.25) is 4.79 Å². The number of hydrogen-bond acceptors (Lipinski definition) is 5. The average molecular weight is 405 g/mol. The molecule has 2 aliphatic rings. The summed E-state index contributed by atoms with van der Waals surface area (Å²) in [6.45, 7) is 0.146. The van der Waals surface area contributed by atoms with Crippen molar-refractivity contribution in [2.24, 2.45) is 0 Å². The Morgan fingerprint density at radius 1 is 1.14 bits per heavy atom. The molecule has 2 atom stereocenters. The summed E-state index contributed by atoms with van der Waals surface area (Å²) in [5.74, 6) is 0.202. The number of ether oxygens (including phenoxy) is 2. The third-order valence-electron chi connectivity index (χ3n) is 4.96. The Kier molecular flexibility index (Phi) is 4.97. The minimum absolute atomic E-state index is 0.0367. The number of para-hydroxylation sites is 2. The van der Waals surface area contributed by atoms with Gasteiger partial charge in [0.25, 0.3) is 5.91 Å². The van der Waals surface area contributed by atoms with Gasteiger partial charge in [-0.2, -0.15) is 0 Å². The van der Waals surface area contributed by atoms with Crippen LogP contribution in [0.15, 0.2) is 48.5 Å². The second kappa shape index (κ2) is 7.43. The van der Waals surface area contributed by atoms with Crippen LogP contribution in [0.5, 0.6) is 11.5 Å². The van der Waals surface area contributed by atoms with E-state index in [1.165, 1.54) is 17.0 Å². The molecule has 2 aliphatic heterocycles. The fraction of sp³-hybridized carbons (Fsp3) is 0.350. The van der Waals surface area contributed by atoms with Gasteiger partial charge in [-0.05, 0) is 36.2 Å². The fourth-order valence-electron chi connectivity index (χ4n) is 3.57. The molecule has 148 valence electrons. The first-order valence-electron chi connectivity index (χ1n) is 9.05. The van der Waals surface area contributed by atoms with E-state index < -0.39 is 27.8 Å². The van der Waals surface area contributed by atoms with Gasteiger partial charge in [-0.25, -0.2) is 12.8 Å². The maximum absolute atomic E-state index is 13.6. The summed E-state index contributed by atoms with van der Waals surface area (Å²) in [6, 6.07) is 12.5. The van der Waals surface area contributed by atoms with Crippen LogP contribution in [-0.2, 0) is 21.2 Å². The number of hydrogen-bond donors (Lipinski definition) is 0. The van der Waals surface area contributed by atoms with Crippen molar-refractivity contribution in [3.63, 3.8) is 0 Å². The molecule has 28 heavy (non-hydrogen) atoms. The Morgan fingerprint density at radius 3 is 2.64 bits per heavy atom. The number of amides is 1. The zero-order valence-corrected chi connectivity index (χ0v) is 15.9. The van der Waals surface area contributed by atoms with E-state index in [-0.39, 0.29) is 30.6 Å². The summed E-state index contributed by atoms with van der Waals surface area (Å²) in [4.78, 5) is 14.7. The van der Waals surface area contributed by atoms with E-state index in [9.17, 15) is 17.6 Å². The van der Waals surface area contributed by atoms with E-state index in [1.807, 2.05) is 6.07 Å². The molecule has 6 nitrogen and oxygen atoms in total. The molecule has 0 aliphatic carbocycles. The minimum atomic E-state index is -3.19. The first-order chi connectivity index (χ1) is 13.4. The smallest absolute Gasteiger partial charge is 0.267 e. The highest BCUT2D eigenvalue weighted by molar-refractivity contribution is 7.91. The number of carbonyl (C=O) groups is 1. The van der Waals surface area contributed by atoms with E-state index in [0.29, 0.717) is 23.5 Å². The molecule has 2 aromatic carbocycles. The van der Waals surface area contributed by atoms with Crippen molar-refractivity contribution in [2.45, 2.75) is 25.1 Å². The third kappa shape index (κ3) is 3.96. The van der Waals surface area contributed by atoms with Crippen LogP contribution in [0, 0.1) is 5.82 Å². The van der Waals surface area contributed by atoms with Crippen LogP contribution >= 0.6 is 0 Å². The van der Waals surface area contributed by atoms with Crippen molar-refractivity contribution in [3.05, 3.63) is 59.9 Å². The molecule has 1 fully saturated rings. The average Bonchev–Trinajstić information content (AvgIpc) is 3.05. The van der Waals surface area contributed by atoms with Gasteiger partial charge in [0.1, 0.15) is 12.4 Å². The molecule has 2 aromatic rings. The molecule has 0 aromatic heterocycles. The Bertz CT molecular complexity index is 994. The van der Waals surface area contributed by atoms with E-state index in [2.05, 4.69) is 0 Å². The predicted molar refractivity (Wildman–Crippen MR) is 100 cm³/mol. The lowest BCUT2D eigenvalue weighted by atomic mass is 10.1. The van der Waals surface area contributed by atoms with Gasteiger partial charge >= 0.3 is 0 Å². The van der Waals surface area contributed by atoms with Crippen molar-refractivity contribution in [1.29, 1.82) is 0 Å². The van der Waals surface area contributed by atoms with E-state index in [1.54, 1.807) is 30.3 Å². The van der Waals surface area contributed by atoms with Crippen LogP contribution in [0.2, 0.25) is 0 Å². The van der Waals surface area contributed by atoms with Crippen LogP contribution in [-0.4, -0.2) is 49.5 Å². The second-order valence-corrected chi connectivity index (χ2v) is 9.25. The van der Waals surface area contributed by atoms with Gasteiger partial charge in [-0.15, -0.1) is 0 Å². The number of fused-ring (bicyclic) bond motifs is 1. The van der Waals surface area contributed by atoms with Crippen molar-refractivity contribution >= 4 is 15.7 Å². The van der Waals surface area contributed by atoms with Gasteiger partial charge in [0, 0.05) is 12.6 Å². The Balaban J connectivity index is 1.58. The first-order valence-corrected chi connectivity index (χ1v) is 10.9. The SMILES string of the molecule is O=C(C1COc2ccccc2O1)N(Cc1cccc(F)c1)C1CCS(=O)(=O)C1. The van der Waals surface area contributed by atoms with Gasteiger partial charge in [0.15, 0.2) is 21.3 Å². The Hall–Kier alpha value is -2.61. The Morgan fingerprint density at radius 2 is 1.93 bits per heavy atom. The van der Waals surface area contributed by atoms with E-state index in [0.717, 1.165) is 0 Å². The van der Waals surface area contributed by atoms with Crippen LogP contribution in [0.25, 0.3) is 0 Å². The van der Waals surface area contributed by atoms with E-state index in [4.69, 9.17) is 9.47 Å². The number of sulfone groups is 1. The van der Waals surface area contributed by atoms with Gasteiger partial charge < -0.3 is 14.4 Å². The molecule has 2 heterocycles. The van der Waals surface area contributed by atoms with Gasteiger partial charge in [0.05, 0.1) is 11.5 Å². The largest absolute Gasteiger partial charge is 0.485 e. The van der Waals surface area contributed by atoms with Crippen molar-refractivity contribution in [2.75, 3.05) is 18.1 Å². The molecular weight excluding hydrogens is 385 g/mol. The number of benzene rings is 2. The maximum Gasteiger partial charge on any atom is 0.267 e. The summed E-state index contributed by atoms with van der Waals surface area (Å²) < 4.78 is 49.0. The van der Waals surface area contributed by atoms with E-state index >= 15 is 0 Å². The molecule has 1 amide bonds. The maximum atomic E-state index is 13.6. The van der Waals surface area contributed by atoms with Crippen LogP contribution in [0.4, 0.5) is 4.39 Å².